The summed E-state index contributed by atoms with van der Waals surface area (Å²) in [7, 11) is -11.0. The van der Waals surface area contributed by atoms with E-state index in [-0.39, 0.29) is 19.8 Å². The van der Waals surface area contributed by atoms with Gasteiger partial charge in [-0.2, -0.15) is 25.3 Å². The molecule has 0 unspecified atom stereocenters. The molecule has 6 N–H and O–H groups in total. The Labute approximate surface area is 154 Å². The standard InChI is InChI=1S/C8H16O3.3CH4O3S/c9-4-8(5-10,6-11)7-2-1-3-7;3*1-5(2,3)4/h7,9-11H,1-6H2;3*1H3,(H,2,3,4). The third-order valence-corrected chi connectivity index (χ3v) is 2.92. The average Bonchev–Trinajstić information content (AvgIpc) is 2.27. The molecule has 26 heavy (non-hydrogen) atoms. The first-order chi connectivity index (χ1) is 11.3. The molecule has 12 nitrogen and oxygen atoms in total. The first-order valence-electron chi connectivity index (χ1n) is 6.89. The molecule has 0 saturated heterocycles. The molecular formula is C11H28O12S3. The van der Waals surface area contributed by atoms with Crippen LogP contribution in [0, 0.1) is 11.3 Å². The summed E-state index contributed by atoms with van der Waals surface area (Å²) < 4.78 is 77.6. The Hall–Kier alpha value is -0.390. The smallest absolute Gasteiger partial charge is 0.261 e. The van der Waals surface area contributed by atoms with Crippen LogP contribution in [-0.4, -0.2) is 92.8 Å². The van der Waals surface area contributed by atoms with Gasteiger partial charge in [0.1, 0.15) is 0 Å². The first-order valence-corrected chi connectivity index (χ1v) is 12.4. The van der Waals surface area contributed by atoms with Crippen LogP contribution in [0.1, 0.15) is 19.3 Å². The van der Waals surface area contributed by atoms with Crippen LogP contribution in [-0.2, 0) is 30.4 Å². The maximum Gasteiger partial charge on any atom is 0.261 e. The second-order valence-corrected chi connectivity index (χ2v) is 10.1. The van der Waals surface area contributed by atoms with E-state index in [1.165, 1.54) is 0 Å². The van der Waals surface area contributed by atoms with E-state index in [2.05, 4.69) is 0 Å². The Morgan fingerprint density at radius 1 is 0.692 bits per heavy atom. The van der Waals surface area contributed by atoms with Gasteiger partial charge in [0, 0.05) is 5.41 Å². The highest BCUT2D eigenvalue weighted by molar-refractivity contribution is 7.85. The van der Waals surface area contributed by atoms with E-state index in [0.717, 1.165) is 19.3 Å². The molecule has 0 aromatic heterocycles. The molecule has 0 aromatic carbocycles. The van der Waals surface area contributed by atoms with E-state index < -0.39 is 35.8 Å². The minimum absolute atomic E-state index is 0.106. The van der Waals surface area contributed by atoms with Crippen molar-refractivity contribution < 1.29 is 54.2 Å². The van der Waals surface area contributed by atoms with Crippen molar-refractivity contribution in [1.82, 2.24) is 0 Å². The van der Waals surface area contributed by atoms with Gasteiger partial charge in [0.25, 0.3) is 30.4 Å². The molecule has 0 amide bonds. The molecule has 1 fully saturated rings. The summed E-state index contributed by atoms with van der Waals surface area (Å²) in [6.45, 7) is -0.319. The van der Waals surface area contributed by atoms with Gasteiger partial charge in [0.15, 0.2) is 0 Å². The third-order valence-electron chi connectivity index (χ3n) is 2.92. The summed E-state index contributed by atoms with van der Waals surface area (Å²) in [5, 5.41) is 27.0. The number of aliphatic hydroxyl groups is 3. The normalized spacial score (nSPS) is 15.1. The zero-order valence-corrected chi connectivity index (χ0v) is 17.1. The topological polar surface area (TPSA) is 224 Å². The largest absolute Gasteiger partial charge is 0.396 e. The molecule has 1 rings (SSSR count). The summed E-state index contributed by atoms with van der Waals surface area (Å²) in [5.74, 6) is 0.322. The quantitative estimate of drug-likeness (QED) is 0.264. The maximum absolute atomic E-state index is 9.19. The lowest BCUT2D eigenvalue weighted by molar-refractivity contribution is -0.0634. The van der Waals surface area contributed by atoms with Crippen LogP contribution >= 0.6 is 0 Å². The Morgan fingerprint density at radius 2 is 0.885 bits per heavy atom. The molecule has 0 bridgehead atoms. The highest BCUT2D eigenvalue weighted by atomic mass is 32.2. The van der Waals surface area contributed by atoms with Crippen LogP contribution in [0.15, 0.2) is 0 Å². The molecule has 0 aliphatic heterocycles. The summed E-state index contributed by atoms with van der Waals surface area (Å²) >= 11 is 0. The monoisotopic (exact) mass is 448 g/mol. The second-order valence-electron chi connectivity index (χ2n) is 5.66. The fraction of sp³-hybridized carbons (Fsp3) is 1.00. The minimum atomic E-state index is -3.67. The molecule has 1 saturated carbocycles. The molecular weight excluding hydrogens is 420 g/mol. The number of hydrogen-bond acceptors (Lipinski definition) is 9. The van der Waals surface area contributed by atoms with Crippen molar-refractivity contribution in [2.24, 2.45) is 11.3 Å². The minimum Gasteiger partial charge on any atom is -0.396 e. The highest BCUT2D eigenvalue weighted by Gasteiger charge is 2.40. The average molecular weight is 449 g/mol. The summed E-state index contributed by atoms with van der Waals surface area (Å²) in [6, 6.07) is 0. The van der Waals surface area contributed by atoms with Crippen LogP contribution < -0.4 is 0 Å². The summed E-state index contributed by atoms with van der Waals surface area (Å²) in [5.41, 5.74) is -0.613. The van der Waals surface area contributed by atoms with Gasteiger partial charge < -0.3 is 15.3 Å². The van der Waals surface area contributed by atoms with Gasteiger partial charge >= 0.3 is 0 Å². The van der Waals surface area contributed by atoms with E-state index in [1.807, 2.05) is 0 Å². The van der Waals surface area contributed by atoms with Gasteiger partial charge in [-0.1, -0.05) is 6.42 Å². The Morgan fingerprint density at radius 3 is 0.923 bits per heavy atom. The highest BCUT2D eigenvalue weighted by Crippen LogP contribution is 2.41. The van der Waals surface area contributed by atoms with Gasteiger partial charge in [-0.25, -0.2) is 0 Å². The predicted octanol–water partition coefficient (Wildman–Crippen LogP) is -1.74. The summed E-state index contributed by atoms with van der Waals surface area (Å²) in [6.07, 6.45) is 5.36. The number of hydrogen-bond donors (Lipinski definition) is 6. The van der Waals surface area contributed by atoms with Crippen LogP contribution in [0.5, 0.6) is 0 Å². The first kappa shape index (κ1) is 30.3. The van der Waals surface area contributed by atoms with E-state index in [4.69, 9.17) is 29.0 Å². The molecule has 0 spiro atoms. The molecule has 0 radical (unpaired) electrons. The fourth-order valence-electron chi connectivity index (χ4n) is 1.56. The van der Waals surface area contributed by atoms with Crippen LogP contribution in [0.4, 0.5) is 0 Å². The van der Waals surface area contributed by atoms with Crippen molar-refractivity contribution in [2.75, 3.05) is 38.6 Å². The fourth-order valence-corrected chi connectivity index (χ4v) is 1.56. The van der Waals surface area contributed by atoms with Crippen molar-refractivity contribution in [1.29, 1.82) is 0 Å². The molecule has 1 aliphatic carbocycles. The van der Waals surface area contributed by atoms with E-state index in [9.17, 15) is 25.3 Å². The molecule has 15 heteroatoms. The van der Waals surface area contributed by atoms with Gasteiger partial charge in [-0.3, -0.25) is 13.7 Å². The van der Waals surface area contributed by atoms with E-state index in [0.29, 0.717) is 24.7 Å². The molecule has 0 heterocycles. The number of aliphatic hydroxyl groups excluding tert-OH is 3. The zero-order chi connectivity index (χ0) is 21.8. The Balaban J connectivity index is -0.000000300. The van der Waals surface area contributed by atoms with Crippen molar-refractivity contribution in [3.05, 3.63) is 0 Å². The Bertz CT molecular complexity index is 554. The van der Waals surface area contributed by atoms with Crippen LogP contribution in [0.25, 0.3) is 0 Å². The van der Waals surface area contributed by atoms with Crippen molar-refractivity contribution in [2.45, 2.75) is 19.3 Å². The predicted molar refractivity (Wildman–Crippen MR) is 93.4 cm³/mol. The van der Waals surface area contributed by atoms with E-state index >= 15 is 0 Å². The lowest BCUT2D eigenvalue weighted by Gasteiger charge is -2.41. The maximum atomic E-state index is 9.19. The van der Waals surface area contributed by atoms with Gasteiger partial charge in [-0.05, 0) is 18.8 Å². The molecule has 0 aromatic rings. The van der Waals surface area contributed by atoms with Crippen molar-refractivity contribution in [3.63, 3.8) is 0 Å². The van der Waals surface area contributed by atoms with E-state index in [1.54, 1.807) is 0 Å². The molecule has 1 aliphatic rings. The zero-order valence-electron chi connectivity index (χ0n) is 14.7. The third kappa shape index (κ3) is 28.4. The lowest BCUT2D eigenvalue weighted by atomic mass is 9.66. The molecule has 162 valence electrons. The number of rotatable bonds is 4. The van der Waals surface area contributed by atoms with Gasteiger partial charge in [0.05, 0.1) is 38.6 Å². The SMILES string of the molecule is CS(=O)(=O)O.CS(=O)(=O)O.CS(=O)(=O)O.OCC(CO)(CO)C1CCC1. The summed E-state index contributed by atoms with van der Waals surface area (Å²) in [4.78, 5) is 0. The van der Waals surface area contributed by atoms with Crippen molar-refractivity contribution in [3.8, 4) is 0 Å². The molecule has 0 atom stereocenters. The van der Waals surface area contributed by atoms with Crippen LogP contribution in [0.2, 0.25) is 0 Å². The lowest BCUT2D eigenvalue weighted by Crippen LogP contribution is -2.44. The van der Waals surface area contributed by atoms with Crippen LogP contribution in [0.3, 0.4) is 0 Å². The Kier molecular flexibility index (Phi) is 15.1. The second kappa shape index (κ2) is 12.9. The van der Waals surface area contributed by atoms with Gasteiger partial charge in [-0.15, -0.1) is 0 Å². The van der Waals surface area contributed by atoms with Gasteiger partial charge in [0.2, 0.25) is 0 Å². The van der Waals surface area contributed by atoms with Crippen molar-refractivity contribution >= 4 is 30.4 Å².